The van der Waals surface area contributed by atoms with E-state index < -0.39 is 28.5 Å². The predicted molar refractivity (Wildman–Crippen MR) is 128 cm³/mol. The van der Waals surface area contributed by atoms with Gasteiger partial charge >= 0.3 is 0 Å². The number of rotatable bonds is 7. The summed E-state index contributed by atoms with van der Waals surface area (Å²) in [5, 5.41) is 28.4. The number of ketones is 3. The van der Waals surface area contributed by atoms with Crippen LogP contribution in [0.4, 0.5) is 0 Å². The number of hydrogen-bond donors (Lipinski definition) is 3. The van der Waals surface area contributed by atoms with Crippen LogP contribution in [0.25, 0.3) is 0 Å². The Labute approximate surface area is 208 Å². The average molecular weight is 496 g/mol. The summed E-state index contributed by atoms with van der Waals surface area (Å²) in [6, 6.07) is 0. The molecule has 10 heteroatoms. The Balaban J connectivity index is 1.62. The number of benzene rings is 1. The summed E-state index contributed by atoms with van der Waals surface area (Å²) in [5.41, 5.74) is -1.24. The van der Waals surface area contributed by atoms with Crippen LogP contribution in [0.2, 0.25) is 0 Å². The normalized spacial score (nSPS) is 20.1. The van der Waals surface area contributed by atoms with Crippen LogP contribution in [0, 0.1) is 6.92 Å². The summed E-state index contributed by atoms with van der Waals surface area (Å²) in [6.45, 7) is 10.3. The molecule has 2 heterocycles. The van der Waals surface area contributed by atoms with Gasteiger partial charge in [0.2, 0.25) is 5.89 Å². The van der Waals surface area contributed by atoms with Gasteiger partial charge in [0.1, 0.15) is 34.0 Å². The standard InChI is InChI=1S/C26H29N3O7/c1-11(2)25-28-17(36-29-25)8-7-9-27-13(4)18-15(31)10-16-26(6,24(18)34)20-22(33)12(3)21(32)19(14(5)30)23(20)35-16/h10-11,27,32-33H,7-9H2,1-6H3/b18-13+/t26-/m0/s1. The minimum atomic E-state index is -1.54. The van der Waals surface area contributed by atoms with Crippen molar-refractivity contribution in [3.8, 4) is 17.2 Å². The minimum Gasteiger partial charge on any atom is -0.507 e. The molecule has 0 saturated carbocycles. The van der Waals surface area contributed by atoms with E-state index in [4.69, 9.17) is 9.26 Å². The Morgan fingerprint density at radius 3 is 2.50 bits per heavy atom. The highest BCUT2D eigenvalue weighted by Gasteiger charge is 2.56. The number of Topliss-reactive ketones (excluding diaryl/α,β-unsaturated/α-hetero) is 2. The first-order valence-corrected chi connectivity index (χ1v) is 11.8. The first-order chi connectivity index (χ1) is 16.9. The van der Waals surface area contributed by atoms with Crippen LogP contribution in [0.5, 0.6) is 17.2 Å². The number of aryl methyl sites for hydroxylation is 1. The molecule has 0 saturated heterocycles. The lowest BCUT2D eigenvalue weighted by Gasteiger charge is -2.29. The monoisotopic (exact) mass is 495 g/mol. The van der Waals surface area contributed by atoms with Crippen LogP contribution >= 0.6 is 0 Å². The van der Waals surface area contributed by atoms with Crippen molar-refractivity contribution in [3.05, 3.63) is 51.5 Å². The van der Waals surface area contributed by atoms with Gasteiger partial charge in [0.25, 0.3) is 0 Å². The molecule has 2 aromatic rings. The summed E-state index contributed by atoms with van der Waals surface area (Å²) in [7, 11) is 0. The largest absolute Gasteiger partial charge is 0.507 e. The third-order valence-corrected chi connectivity index (χ3v) is 6.72. The predicted octanol–water partition coefficient (Wildman–Crippen LogP) is 3.30. The van der Waals surface area contributed by atoms with Crippen molar-refractivity contribution >= 4 is 17.3 Å². The van der Waals surface area contributed by atoms with Crippen molar-refractivity contribution < 1.29 is 33.9 Å². The van der Waals surface area contributed by atoms with Crippen LogP contribution < -0.4 is 10.1 Å². The first kappa shape index (κ1) is 25.2. The number of nitrogens with zero attached hydrogens (tertiary/aromatic N) is 2. The molecule has 0 spiro atoms. The summed E-state index contributed by atoms with van der Waals surface area (Å²) < 4.78 is 11.0. The van der Waals surface area contributed by atoms with E-state index >= 15 is 0 Å². The molecule has 1 aromatic heterocycles. The molecule has 0 unspecified atom stereocenters. The van der Waals surface area contributed by atoms with Crippen LogP contribution in [0.1, 0.15) is 80.2 Å². The molecule has 0 bridgehead atoms. The van der Waals surface area contributed by atoms with Crippen LogP contribution in [0.15, 0.2) is 27.6 Å². The van der Waals surface area contributed by atoms with E-state index in [0.717, 1.165) is 0 Å². The molecule has 1 aliphatic carbocycles. The third-order valence-electron chi connectivity index (χ3n) is 6.72. The molecule has 1 aliphatic heterocycles. The maximum absolute atomic E-state index is 13.8. The van der Waals surface area contributed by atoms with E-state index in [9.17, 15) is 24.6 Å². The highest BCUT2D eigenvalue weighted by molar-refractivity contribution is 6.31. The zero-order valence-corrected chi connectivity index (χ0v) is 21.1. The molecular weight excluding hydrogens is 466 g/mol. The van der Waals surface area contributed by atoms with Crippen molar-refractivity contribution in [2.45, 2.75) is 65.7 Å². The van der Waals surface area contributed by atoms with Crippen molar-refractivity contribution in [1.82, 2.24) is 15.5 Å². The average Bonchev–Trinajstić information content (AvgIpc) is 3.39. The van der Waals surface area contributed by atoms with E-state index in [2.05, 4.69) is 15.5 Å². The van der Waals surface area contributed by atoms with Gasteiger partial charge in [0.15, 0.2) is 23.2 Å². The fraction of sp³-hybridized carbons (Fsp3) is 0.423. The molecule has 3 N–H and O–H groups in total. The van der Waals surface area contributed by atoms with Crippen molar-refractivity contribution in [2.75, 3.05) is 6.54 Å². The molecule has 1 aromatic carbocycles. The lowest BCUT2D eigenvalue weighted by molar-refractivity contribution is -0.123. The molecule has 0 amide bonds. The van der Waals surface area contributed by atoms with Crippen molar-refractivity contribution in [1.29, 1.82) is 0 Å². The number of fused-ring (bicyclic) bond motifs is 3. The second-order valence-corrected chi connectivity index (χ2v) is 9.62. The SMILES string of the molecule is CC(=O)c1c(O)c(C)c(O)c2c1OC1=CC(=O)/C(=C(/C)NCCCc3nc(C(C)C)no3)C(=O)[C@@]12C. The number of carbonyl (C=O) groups excluding carboxylic acids is 3. The van der Waals surface area contributed by atoms with Gasteiger partial charge in [0, 0.05) is 36.2 Å². The van der Waals surface area contributed by atoms with Gasteiger partial charge in [-0.2, -0.15) is 4.98 Å². The van der Waals surface area contributed by atoms with Gasteiger partial charge in [0.05, 0.1) is 11.1 Å². The Morgan fingerprint density at radius 2 is 1.89 bits per heavy atom. The number of carbonyl (C=O) groups is 3. The Hall–Kier alpha value is -3.95. The Morgan fingerprint density at radius 1 is 1.19 bits per heavy atom. The topological polar surface area (TPSA) is 152 Å². The van der Waals surface area contributed by atoms with Gasteiger partial charge in [-0.05, 0) is 34.1 Å². The van der Waals surface area contributed by atoms with Gasteiger partial charge in [-0.3, -0.25) is 14.4 Å². The van der Waals surface area contributed by atoms with E-state index in [-0.39, 0.29) is 45.4 Å². The number of ether oxygens (including phenoxy) is 1. The summed E-state index contributed by atoms with van der Waals surface area (Å²) >= 11 is 0. The number of aromatic hydroxyl groups is 2. The number of nitrogens with one attached hydrogen (secondary N) is 1. The fourth-order valence-corrected chi connectivity index (χ4v) is 4.57. The summed E-state index contributed by atoms with van der Waals surface area (Å²) in [5.74, 6) is -1.16. The summed E-state index contributed by atoms with van der Waals surface area (Å²) in [4.78, 5) is 43.3. The first-order valence-electron chi connectivity index (χ1n) is 11.8. The molecule has 4 rings (SSSR count). The lowest BCUT2D eigenvalue weighted by atomic mass is 9.70. The van der Waals surface area contributed by atoms with E-state index in [1.165, 1.54) is 26.8 Å². The molecular formula is C26H29N3O7. The second kappa shape index (κ2) is 8.92. The highest BCUT2D eigenvalue weighted by Crippen LogP contribution is 2.57. The minimum absolute atomic E-state index is 0.00389. The van der Waals surface area contributed by atoms with Gasteiger partial charge in [-0.1, -0.05) is 19.0 Å². The molecule has 0 fully saturated rings. The number of allylic oxidation sites excluding steroid dienone is 4. The number of aromatic nitrogens is 2. The molecule has 2 aliphatic rings. The van der Waals surface area contributed by atoms with Crippen molar-refractivity contribution in [2.24, 2.45) is 0 Å². The molecule has 0 radical (unpaired) electrons. The van der Waals surface area contributed by atoms with Crippen LogP contribution in [-0.2, 0) is 21.4 Å². The lowest BCUT2D eigenvalue weighted by Crippen LogP contribution is -2.41. The maximum atomic E-state index is 13.8. The van der Waals surface area contributed by atoms with Crippen LogP contribution in [0.3, 0.4) is 0 Å². The molecule has 10 nitrogen and oxygen atoms in total. The van der Waals surface area contributed by atoms with Gasteiger partial charge < -0.3 is 24.8 Å². The highest BCUT2D eigenvalue weighted by atomic mass is 16.5. The smallest absolute Gasteiger partial charge is 0.226 e. The maximum Gasteiger partial charge on any atom is 0.226 e. The number of hydrogen-bond acceptors (Lipinski definition) is 10. The summed E-state index contributed by atoms with van der Waals surface area (Å²) in [6.07, 6.45) is 2.35. The zero-order chi connectivity index (χ0) is 26.5. The van der Waals surface area contributed by atoms with Gasteiger partial charge in [-0.15, -0.1) is 0 Å². The quantitative estimate of drug-likeness (QED) is 0.226. The Kier molecular flexibility index (Phi) is 6.24. The van der Waals surface area contributed by atoms with Crippen molar-refractivity contribution in [3.63, 3.8) is 0 Å². The third kappa shape index (κ3) is 3.77. The number of phenolic OH excluding ortho intramolecular Hbond substituents is 2. The van der Waals surface area contributed by atoms with E-state index in [0.29, 0.717) is 36.8 Å². The number of phenols is 2. The molecule has 1 atom stereocenters. The fourth-order valence-electron chi connectivity index (χ4n) is 4.57. The van der Waals surface area contributed by atoms with E-state index in [1.54, 1.807) is 6.92 Å². The van der Waals surface area contributed by atoms with Crippen LogP contribution in [-0.4, -0.2) is 44.2 Å². The molecule has 190 valence electrons. The van der Waals surface area contributed by atoms with Gasteiger partial charge in [-0.25, -0.2) is 0 Å². The van der Waals surface area contributed by atoms with E-state index in [1.807, 2.05) is 13.8 Å². The Bertz CT molecular complexity index is 1370. The molecule has 36 heavy (non-hydrogen) atoms. The zero-order valence-electron chi connectivity index (χ0n) is 21.1. The second-order valence-electron chi connectivity index (χ2n) is 9.62.